The van der Waals surface area contributed by atoms with Gasteiger partial charge < -0.3 is 20.3 Å². The predicted molar refractivity (Wildman–Crippen MR) is 121 cm³/mol. The molecule has 142 valence electrons. The van der Waals surface area contributed by atoms with Gasteiger partial charge in [0, 0.05) is 43.3 Å². The first kappa shape index (κ1) is 20.8. The minimum Gasteiger partial charge on any atom is -0.497 e. The summed E-state index contributed by atoms with van der Waals surface area (Å²) in [6.07, 6.45) is 1.19. The number of thiophene rings is 1. The zero-order chi connectivity index (χ0) is 17.5. The van der Waals surface area contributed by atoms with Crippen molar-refractivity contribution in [3.63, 3.8) is 0 Å². The van der Waals surface area contributed by atoms with Crippen LogP contribution in [0.5, 0.6) is 5.75 Å². The average Bonchev–Trinajstić information content (AvgIpc) is 3.34. The smallest absolute Gasteiger partial charge is 0.191 e. The van der Waals surface area contributed by atoms with Crippen LogP contribution >= 0.6 is 35.3 Å². The summed E-state index contributed by atoms with van der Waals surface area (Å²) < 4.78 is 5.33. The largest absolute Gasteiger partial charge is 0.497 e. The molecule has 3 rings (SSSR count). The summed E-state index contributed by atoms with van der Waals surface area (Å²) in [5.74, 6) is 2.40. The van der Waals surface area contributed by atoms with E-state index in [0.717, 1.165) is 37.9 Å². The second-order valence-corrected chi connectivity index (χ2v) is 7.22. The van der Waals surface area contributed by atoms with Crippen LogP contribution in [0.1, 0.15) is 11.3 Å². The van der Waals surface area contributed by atoms with Gasteiger partial charge in [-0.3, -0.25) is 4.99 Å². The Morgan fingerprint density at radius 3 is 2.92 bits per heavy atom. The summed E-state index contributed by atoms with van der Waals surface area (Å²) in [5, 5.41) is 8.93. The standard InChI is InChI=1S/C19H26N4OS.HI/c1-20-19(22-13-18-7-4-10-25-18)21-12-15-8-9-23(14-15)16-5-3-6-17(11-16)24-2;/h3-7,10-11,15H,8-9,12-14H2,1-2H3,(H2,20,21,22);1H. The molecular weight excluding hydrogens is 459 g/mol. The molecule has 0 radical (unpaired) electrons. The third-order valence-electron chi connectivity index (χ3n) is 4.50. The summed E-state index contributed by atoms with van der Waals surface area (Å²) in [6.45, 7) is 3.89. The van der Waals surface area contributed by atoms with Crippen molar-refractivity contribution in [2.24, 2.45) is 10.9 Å². The van der Waals surface area contributed by atoms with Crippen molar-refractivity contribution in [2.75, 3.05) is 38.7 Å². The number of rotatable bonds is 6. The van der Waals surface area contributed by atoms with Crippen LogP contribution < -0.4 is 20.3 Å². The van der Waals surface area contributed by atoms with E-state index < -0.39 is 0 Å². The molecule has 1 aromatic heterocycles. The first-order valence-corrected chi connectivity index (χ1v) is 9.52. The molecule has 1 unspecified atom stereocenters. The van der Waals surface area contributed by atoms with Crippen molar-refractivity contribution in [2.45, 2.75) is 13.0 Å². The Hall–Kier alpha value is -1.48. The highest BCUT2D eigenvalue weighted by Gasteiger charge is 2.23. The third kappa shape index (κ3) is 5.77. The molecule has 5 nitrogen and oxygen atoms in total. The fourth-order valence-electron chi connectivity index (χ4n) is 3.09. The molecule has 0 bridgehead atoms. The van der Waals surface area contributed by atoms with Gasteiger partial charge >= 0.3 is 0 Å². The molecule has 7 heteroatoms. The maximum atomic E-state index is 5.33. The number of ether oxygens (including phenoxy) is 1. The van der Waals surface area contributed by atoms with Crippen molar-refractivity contribution in [1.29, 1.82) is 0 Å². The van der Waals surface area contributed by atoms with Crippen molar-refractivity contribution < 1.29 is 4.74 Å². The number of benzene rings is 1. The molecule has 1 aromatic carbocycles. The molecule has 1 aliphatic rings. The lowest BCUT2D eigenvalue weighted by atomic mass is 10.1. The number of aliphatic imine (C=N–C) groups is 1. The van der Waals surface area contributed by atoms with E-state index in [-0.39, 0.29) is 24.0 Å². The van der Waals surface area contributed by atoms with Crippen molar-refractivity contribution in [3.8, 4) is 5.75 Å². The summed E-state index contributed by atoms with van der Waals surface area (Å²) in [4.78, 5) is 8.06. The average molecular weight is 486 g/mol. The molecule has 0 spiro atoms. The maximum Gasteiger partial charge on any atom is 0.191 e. The molecule has 2 heterocycles. The first-order valence-electron chi connectivity index (χ1n) is 8.64. The number of halogens is 1. The van der Waals surface area contributed by atoms with Crippen LogP contribution in [-0.2, 0) is 6.54 Å². The SMILES string of the molecule is CN=C(NCc1cccs1)NCC1CCN(c2cccc(OC)c2)C1.I. The number of hydrogen-bond acceptors (Lipinski definition) is 4. The van der Waals surface area contributed by atoms with Gasteiger partial charge in [-0.15, -0.1) is 35.3 Å². The fraction of sp³-hybridized carbons (Fsp3) is 0.421. The van der Waals surface area contributed by atoms with E-state index in [0.29, 0.717) is 5.92 Å². The summed E-state index contributed by atoms with van der Waals surface area (Å²) >= 11 is 1.76. The second kappa shape index (κ2) is 10.6. The normalized spacial score (nSPS) is 16.9. The highest BCUT2D eigenvalue weighted by atomic mass is 127. The number of hydrogen-bond donors (Lipinski definition) is 2. The molecule has 0 amide bonds. The van der Waals surface area contributed by atoms with Crippen molar-refractivity contribution in [1.82, 2.24) is 10.6 Å². The molecule has 0 aliphatic carbocycles. The lowest BCUT2D eigenvalue weighted by Crippen LogP contribution is -2.39. The minimum absolute atomic E-state index is 0. The lowest BCUT2D eigenvalue weighted by molar-refractivity contribution is 0.415. The van der Waals surface area contributed by atoms with Crippen LogP contribution in [0.3, 0.4) is 0 Å². The number of guanidine groups is 1. The van der Waals surface area contributed by atoms with Crippen LogP contribution in [0.15, 0.2) is 46.8 Å². The molecule has 1 fully saturated rings. The van der Waals surface area contributed by atoms with Crippen LogP contribution in [-0.4, -0.2) is 39.8 Å². The van der Waals surface area contributed by atoms with Crippen LogP contribution in [0.25, 0.3) is 0 Å². The number of anilines is 1. The molecule has 1 atom stereocenters. The zero-order valence-electron chi connectivity index (χ0n) is 15.3. The fourth-order valence-corrected chi connectivity index (χ4v) is 3.73. The molecule has 26 heavy (non-hydrogen) atoms. The second-order valence-electron chi connectivity index (χ2n) is 6.19. The van der Waals surface area contributed by atoms with Crippen molar-refractivity contribution >= 4 is 47.0 Å². The van der Waals surface area contributed by atoms with Gasteiger partial charge in [0.2, 0.25) is 0 Å². The Balaban J connectivity index is 0.00000243. The highest BCUT2D eigenvalue weighted by Crippen LogP contribution is 2.26. The van der Waals surface area contributed by atoms with Crippen molar-refractivity contribution in [3.05, 3.63) is 46.7 Å². The predicted octanol–water partition coefficient (Wildman–Crippen LogP) is 3.57. The topological polar surface area (TPSA) is 48.9 Å². The van der Waals surface area contributed by atoms with Gasteiger partial charge in [0.15, 0.2) is 5.96 Å². The van der Waals surface area contributed by atoms with E-state index in [4.69, 9.17) is 4.74 Å². The Labute approximate surface area is 176 Å². The summed E-state index contributed by atoms with van der Waals surface area (Å²) in [5.41, 5.74) is 1.24. The van der Waals surface area contributed by atoms with Crippen LogP contribution in [0, 0.1) is 5.92 Å². The Morgan fingerprint density at radius 1 is 1.31 bits per heavy atom. The Morgan fingerprint density at radius 2 is 2.19 bits per heavy atom. The van der Waals surface area contributed by atoms with Gasteiger partial charge in [0.05, 0.1) is 13.7 Å². The van der Waals surface area contributed by atoms with E-state index in [9.17, 15) is 0 Å². The van der Waals surface area contributed by atoms with Gasteiger partial charge in [-0.1, -0.05) is 12.1 Å². The van der Waals surface area contributed by atoms with Gasteiger partial charge in [0.1, 0.15) is 5.75 Å². The Bertz CT molecular complexity index is 693. The molecule has 2 aromatic rings. The highest BCUT2D eigenvalue weighted by molar-refractivity contribution is 14.0. The first-order chi connectivity index (χ1) is 12.3. The van der Waals surface area contributed by atoms with E-state index in [1.165, 1.54) is 17.0 Å². The van der Waals surface area contributed by atoms with Gasteiger partial charge in [-0.05, 0) is 35.9 Å². The van der Waals surface area contributed by atoms with E-state index in [2.05, 4.69) is 56.2 Å². The van der Waals surface area contributed by atoms with E-state index in [1.807, 2.05) is 13.1 Å². The molecule has 1 saturated heterocycles. The van der Waals surface area contributed by atoms with E-state index in [1.54, 1.807) is 18.4 Å². The number of nitrogens with zero attached hydrogens (tertiary/aromatic N) is 2. The minimum atomic E-state index is 0. The maximum absolute atomic E-state index is 5.33. The monoisotopic (exact) mass is 486 g/mol. The van der Waals surface area contributed by atoms with E-state index >= 15 is 0 Å². The van der Waals surface area contributed by atoms with Gasteiger partial charge in [-0.25, -0.2) is 0 Å². The molecule has 0 saturated carbocycles. The third-order valence-corrected chi connectivity index (χ3v) is 5.37. The lowest BCUT2D eigenvalue weighted by Gasteiger charge is -2.20. The van der Waals surface area contributed by atoms with Crippen LogP contribution in [0.4, 0.5) is 5.69 Å². The molecular formula is C19H27IN4OS. The quantitative estimate of drug-likeness (QED) is 0.373. The summed E-state index contributed by atoms with van der Waals surface area (Å²) in [6, 6.07) is 12.5. The Kier molecular flexibility index (Phi) is 8.50. The molecule has 1 aliphatic heterocycles. The van der Waals surface area contributed by atoms with Gasteiger partial charge in [0.25, 0.3) is 0 Å². The van der Waals surface area contributed by atoms with Gasteiger partial charge in [-0.2, -0.15) is 0 Å². The zero-order valence-corrected chi connectivity index (χ0v) is 18.4. The summed E-state index contributed by atoms with van der Waals surface area (Å²) in [7, 11) is 3.53. The van der Waals surface area contributed by atoms with Crippen LogP contribution in [0.2, 0.25) is 0 Å². The number of methoxy groups -OCH3 is 1. The number of nitrogens with one attached hydrogen (secondary N) is 2. The molecule has 2 N–H and O–H groups in total.